The van der Waals surface area contributed by atoms with Crippen LogP contribution in [0.25, 0.3) is 0 Å². The monoisotopic (exact) mass is 331 g/mol. The summed E-state index contributed by atoms with van der Waals surface area (Å²) in [6.07, 6.45) is 5.69. The van der Waals surface area contributed by atoms with Crippen LogP contribution in [0.15, 0.2) is 22.8 Å². The van der Waals surface area contributed by atoms with Crippen molar-refractivity contribution in [2.75, 3.05) is 32.7 Å². The molecular weight excluding hydrogens is 306 g/mol. The third kappa shape index (κ3) is 3.07. The molecule has 2 amide bonds. The van der Waals surface area contributed by atoms with Gasteiger partial charge >= 0.3 is 0 Å². The van der Waals surface area contributed by atoms with Gasteiger partial charge in [0, 0.05) is 38.6 Å². The highest BCUT2D eigenvalue weighted by Gasteiger charge is 2.39. The molecule has 4 rings (SSSR count). The van der Waals surface area contributed by atoms with E-state index < -0.39 is 0 Å². The molecule has 0 aliphatic carbocycles. The van der Waals surface area contributed by atoms with Gasteiger partial charge in [-0.25, -0.2) is 0 Å². The molecule has 6 nitrogen and oxygen atoms in total. The summed E-state index contributed by atoms with van der Waals surface area (Å²) in [5.41, 5.74) is 0. The summed E-state index contributed by atoms with van der Waals surface area (Å²) in [6, 6.07) is 4.21. The van der Waals surface area contributed by atoms with E-state index in [1.807, 2.05) is 17.0 Å². The lowest BCUT2D eigenvalue weighted by molar-refractivity contribution is -0.139. The second-order valence-corrected chi connectivity index (χ2v) is 7.22. The molecular formula is C18H25N3O3. The van der Waals surface area contributed by atoms with Crippen LogP contribution in [0.4, 0.5) is 0 Å². The van der Waals surface area contributed by atoms with E-state index in [4.69, 9.17) is 4.42 Å². The smallest absolute Gasteiger partial charge is 0.228 e. The average molecular weight is 331 g/mol. The predicted molar refractivity (Wildman–Crippen MR) is 88.0 cm³/mol. The molecule has 3 aliphatic heterocycles. The molecule has 24 heavy (non-hydrogen) atoms. The molecule has 0 N–H and O–H groups in total. The van der Waals surface area contributed by atoms with Gasteiger partial charge in [-0.3, -0.25) is 14.5 Å². The normalized spacial score (nSPS) is 28.2. The number of carbonyl (C=O) groups is 2. The maximum Gasteiger partial charge on any atom is 0.228 e. The average Bonchev–Trinajstić information content (AvgIpc) is 3.24. The van der Waals surface area contributed by atoms with Gasteiger partial charge in [-0.1, -0.05) is 6.42 Å². The van der Waals surface area contributed by atoms with Crippen LogP contribution in [0, 0.1) is 5.92 Å². The van der Waals surface area contributed by atoms with Crippen molar-refractivity contribution < 1.29 is 14.0 Å². The molecule has 0 aromatic carbocycles. The first-order valence-corrected chi connectivity index (χ1v) is 9.03. The summed E-state index contributed by atoms with van der Waals surface area (Å²) in [7, 11) is 0. The fraction of sp³-hybridized carbons (Fsp3) is 0.667. The Hall–Kier alpha value is -1.82. The summed E-state index contributed by atoms with van der Waals surface area (Å²) in [5, 5.41) is 0. The Kier molecular flexibility index (Phi) is 4.31. The number of hydrogen-bond acceptors (Lipinski definition) is 4. The molecule has 2 unspecified atom stereocenters. The lowest BCUT2D eigenvalue weighted by atomic mass is 9.98. The molecule has 0 radical (unpaired) electrons. The number of piperazine rings is 1. The van der Waals surface area contributed by atoms with E-state index in [1.165, 1.54) is 25.8 Å². The van der Waals surface area contributed by atoms with Gasteiger partial charge in [-0.15, -0.1) is 0 Å². The molecule has 3 aliphatic rings. The number of rotatable bonds is 3. The van der Waals surface area contributed by atoms with Gasteiger partial charge in [-0.2, -0.15) is 0 Å². The zero-order chi connectivity index (χ0) is 16.5. The van der Waals surface area contributed by atoms with Crippen LogP contribution in [0.1, 0.15) is 31.4 Å². The summed E-state index contributed by atoms with van der Waals surface area (Å²) in [6.45, 7) is 4.77. The highest BCUT2D eigenvalue weighted by molar-refractivity contribution is 5.89. The highest BCUT2D eigenvalue weighted by Crippen LogP contribution is 2.26. The van der Waals surface area contributed by atoms with Crippen molar-refractivity contribution in [2.45, 2.75) is 38.3 Å². The summed E-state index contributed by atoms with van der Waals surface area (Å²) >= 11 is 0. The minimum absolute atomic E-state index is 0.0565. The lowest BCUT2D eigenvalue weighted by Gasteiger charge is -2.44. The molecule has 0 bridgehead atoms. The van der Waals surface area contributed by atoms with Gasteiger partial charge in [-0.05, 0) is 31.5 Å². The second-order valence-electron chi connectivity index (χ2n) is 7.22. The van der Waals surface area contributed by atoms with Gasteiger partial charge in [0.05, 0.1) is 18.7 Å². The van der Waals surface area contributed by atoms with E-state index >= 15 is 0 Å². The van der Waals surface area contributed by atoms with Crippen molar-refractivity contribution in [3.63, 3.8) is 0 Å². The molecule has 0 spiro atoms. The topological polar surface area (TPSA) is 57.0 Å². The fourth-order valence-corrected chi connectivity index (χ4v) is 4.30. The highest BCUT2D eigenvalue weighted by atomic mass is 16.3. The third-order valence-corrected chi connectivity index (χ3v) is 5.64. The number of hydrogen-bond donors (Lipinski definition) is 0. The molecule has 4 heterocycles. The lowest BCUT2D eigenvalue weighted by Crippen LogP contribution is -2.57. The van der Waals surface area contributed by atoms with E-state index in [0.29, 0.717) is 25.6 Å². The van der Waals surface area contributed by atoms with Gasteiger partial charge in [0.25, 0.3) is 0 Å². The Balaban J connectivity index is 1.35. The van der Waals surface area contributed by atoms with E-state index in [0.717, 1.165) is 25.4 Å². The van der Waals surface area contributed by atoms with Crippen molar-refractivity contribution in [3.8, 4) is 0 Å². The second kappa shape index (κ2) is 6.59. The Morgan fingerprint density at radius 1 is 1.21 bits per heavy atom. The number of carbonyl (C=O) groups excluding carboxylic acids is 2. The van der Waals surface area contributed by atoms with E-state index in [2.05, 4.69) is 4.90 Å². The van der Waals surface area contributed by atoms with Crippen molar-refractivity contribution >= 4 is 11.8 Å². The zero-order valence-electron chi connectivity index (χ0n) is 14.0. The first-order chi connectivity index (χ1) is 11.7. The van der Waals surface area contributed by atoms with Crippen LogP contribution >= 0.6 is 0 Å². The predicted octanol–water partition coefficient (Wildman–Crippen LogP) is 1.32. The van der Waals surface area contributed by atoms with Crippen LogP contribution in [-0.2, 0) is 16.1 Å². The van der Waals surface area contributed by atoms with Crippen LogP contribution < -0.4 is 0 Å². The Morgan fingerprint density at radius 3 is 2.96 bits per heavy atom. The van der Waals surface area contributed by atoms with E-state index in [1.54, 1.807) is 11.2 Å². The quantitative estimate of drug-likeness (QED) is 0.838. The molecule has 2 atom stereocenters. The third-order valence-electron chi connectivity index (χ3n) is 5.64. The SMILES string of the molecule is O=C1CC(C(=O)N2CCN3CCCCC3C2)CN1Cc1ccco1. The van der Waals surface area contributed by atoms with E-state index in [-0.39, 0.29) is 17.7 Å². The van der Waals surface area contributed by atoms with Crippen LogP contribution in [0.3, 0.4) is 0 Å². The molecule has 3 fully saturated rings. The van der Waals surface area contributed by atoms with Gasteiger partial charge < -0.3 is 14.2 Å². The van der Waals surface area contributed by atoms with E-state index in [9.17, 15) is 9.59 Å². The van der Waals surface area contributed by atoms with Gasteiger partial charge in [0.1, 0.15) is 5.76 Å². The van der Waals surface area contributed by atoms with Crippen LogP contribution in [-0.4, -0.2) is 65.3 Å². The Morgan fingerprint density at radius 2 is 2.12 bits per heavy atom. The minimum atomic E-state index is -0.192. The standard InChI is InChI=1S/C18H25N3O3/c22-17-10-14(11-21(17)13-16-5-3-9-24-16)18(23)20-8-7-19-6-2-1-4-15(19)12-20/h3,5,9,14-15H,1-2,4,6-8,10-13H2. The first kappa shape index (κ1) is 15.7. The van der Waals surface area contributed by atoms with Crippen LogP contribution in [0.2, 0.25) is 0 Å². The number of fused-ring (bicyclic) bond motifs is 1. The number of nitrogens with zero attached hydrogens (tertiary/aromatic N) is 3. The summed E-state index contributed by atoms with van der Waals surface area (Å²) in [4.78, 5) is 31.4. The van der Waals surface area contributed by atoms with Gasteiger partial charge in [0.15, 0.2) is 0 Å². The van der Waals surface area contributed by atoms with Gasteiger partial charge in [0.2, 0.25) is 11.8 Å². The summed E-state index contributed by atoms with van der Waals surface area (Å²) in [5.74, 6) is 0.798. The fourth-order valence-electron chi connectivity index (χ4n) is 4.30. The molecule has 3 saturated heterocycles. The first-order valence-electron chi connectivity index (χ1n) is 9.03. The Labute approximate surface area is 142 Å². The van der Waals surface area contributed by atoms with Crippen molar-refractivity contribution in [2.24, 2.45) is 5.92 Å². The van der Waals surface area contributed by atoms with Crippen molar-refractivity contribution in [1.29, 1.82) is 0 Å². The molecule has 1 aromatic rings. The summed E-state index contributed by atoms with van der Waals surface area (Å²) < 4.78 is 5.32. The largest absolute Gasteiger partial charge is 0.467 e. The number of amides is 2. The zero-order valence-corrected chi connectivity index (χ0v) is 14.0. The van der Waals surface area contributed by atoms with Crippen molar-refractivity contribution in [3.05, 3.63) is 24.2 Å². The maximum absolute atomic E-state index is 12.9. The van der Waals surface area contributed by atoms with Crippen molar-refractivity contribution in [1.82, 2.24) is 14.7 Å². The number of furan rings is 1. The molecule has 130 valence electrons. The molecule has 6 heteroatoms. The number of likely N-dealkylation sites (tertiary alicyclic amines) is 1. The maximum atomic E-state index is 12.9. The Bertz CT molecular complexity index is 601. The minimum Gasteiger partial charge on any atom is -0.467 e. The number of piperidine rings is 1. The van der Waals surface area contributed by atoms with Crippen LogP contribution in [0.5, 0.6) is 0 Å². The molecule has 0 saturated carbocycles. The molecule has 1 aromatic heterocycles.